The molecule has 0 atom stereocenters. The van der Waals surface area contributed by atoms with E-state index in [2.05, 4.69) is 11.2 Å². The van der Waals surface area contributed by atoms with Crippen LogP contribution in [0.5, 0.6) is 0 Å². The van der Waals surface area contributed by atoms with E-state index in [0.717, 1.165) is 57.4 Å². The molecular weight excluding hydrogens is 411 g/mol. The van der Waals surface area contributed by atoms with Crippen LogP contribution < -0.4 is 0 Å². The van der Waals surface area contributed by atoms with Crippen molar-refractivity contribution in [1.29, 1.82) is 0 Å². The third-order valence-corrected chi connectivity index (χ3v) is 5.72. The van der Waals surface area contributed by atoms with Crippen LogP contribution in [-0.4, -0.2) is 22.8 Å². The lowest BCUT2D eigenvalue weighted by Crippen LogP contribution is -2.25. The van der Waals surface area contributed by atoms with E-state index in [9.17, 15) is 13.2 Å². The van der Waals surface area contributed by atoms with E-state index in [1.165, 1.54) is 12.1 Å². The maximum atomic E-state index is 12.9. The summed E-state index contributed by atoms with van der Waals surface area (Å²) in [5, 5.41) is 7.65. The summed E-state index contributed by atoms with van der Waals surface area (Å²) < 4.78 is 38.8. The highest BCUT2D eigenvalue weighted by Gasteiger charge is 2.30. The second kappa shape index (κ2) is 8.11. The van der Waals surface area contributed by atoms with Crippen LogP contribution in [0.2, 0.25) is 0 Å². The topological polar surface area (TPSA) is 28.5 Å². The van der Waals surface area contributed by atoms with E-state index in [4.69, 9.17) is 4.98 Å². The molecule has 32 heavy (non-hydrogen) atoms. The smallest absolute Gasteiger partial charge is 0.292 e. The average Bonchev–Trinajstić information content (AvgIpc) is 2.81. The fraction of sp³-hybridized carbons (Fsp3) is 0.154. The number of nitrogens with zero attached hydrogens (tertiary/aromatic N) is 3. The molecule has 0 unspecified atom stereocenters. The molecule has 0 saturated carbocycles. The van der Waals surface area contributed by atoms with Gasteiger partial charge in [0.05, 0.1) is 23.8 Å². The lowest BCUT2D eigenvalue weighted by atomic mass is 9.94. The first-order chi connectivity index (χ1) is 15.5. The number of para-hydroxylation sites is 1. The van der Waals surface area contributed by atoms with Gasteiger partial charge in [0.25, 0.3) is 0 Å². The lowest BCUT2D eigenvalue weighted by molar-refractivity contribution is -0.137. The first kappa shape index (κ1) is 20.2. The number of aromatic nitrogens is 1. The SMILES string of the molecule is FC(F)(F)c1ccc(-c2cccc3c2CN(CCc2ccc4ccccc4n2)N=C3)cc1. The van der Waals surface area contributed by atoms with Crippen molar-refractivity contribution >= 4 is 17.1 Å². The first-order valence-electron chi connectivity index (χ1n) is 10.4. The first-order valence-corrected chi connectivity index (χ1v) is 10.4. The van der Waals surface area contributed by atoms with Crippen molar-refractivity contribution in [3.63, 3.8) is 0 Å². The number of hydrogen-bond donors (Lipinski definition) is 0. The number of alkyl halides is 3. The Balaban J connectivity index is 1.35. The molecule has 0 saturated heterocycles. The number of halogens is 3. The van der Waals surface area contributed by atoms with Crippen LogP contribution in [-0.2, 0) is 19.1 Å². The second-order valence-corrected chi connectivity index (χ2v) is 7.83. The molecule has 0 radical (unpaired) electrons. The fourth-order valence-electron chi connectivity index (χ4n) is 4.01. The molecule has 3 aromatic carbocycles. The van der Waals surface area contributed by atoms with Gasteiger partial charge < -0.3 is 0 Å². The molecular formula is C26H20F3N3. The Bertz CT molecular complexity index is 1290. The average molecular weight is 431 g/mol. The summed E-state index contributed by atoms with van der Waals surface area (Å²) in [5.74, 6) is 0. The van der Waals surface area contributed by atoms with Gasteiger partial charge >= 0.3 is 6.18 Å². The normalized spacial score (nSPS) is 13.4. The van der Waals surface area contributed by atoms with Gasteiger partial charge in [0.15, 0.2) is 0 Å². The Morgan fingerprint density at radius 1 is 0.844 bits per heavy atom. The van der Waals surface area contributed by atoms with Crippen LogP contribution in [0, 0.1) is 0 Å². The van der Waals surface area contributed by atoms with E-state index in [-0.39, 0.29) is 0 Å². The van der Waals surface area contributed by atoms with Gasteiger partial charge in [-0.15, -0.1) is 0 Å². The highest BCUT2D eigenvalue weighted by atomic mass is 19.4. The molecule has 6 heteroatoms. The Morgan fingerprint density at radius 3 is 2.47 bits per heavy atom. The van der Waals surface area contributed by atoms with E-state index >= 15 is 0 Å². The minimum atomic E-state index is -4.34. The third-order valence-electron chi connectivity index (χ3n) is 5.72. The van der Waals surface area contributed by atoms with E-state index in [1.807, 2.05) is 59.8 Å². The van der Waals surface area contributed by atoms with Gasteiger partial charge in [-0.2, -0.15) is 18.3 Å². The third kappa shape index (κ3) is 4.08. The number of fused-ring (bicyclic) bond motifs is 2. The van der Waals surface area contributed by atoms with Gasteiger partial charge in [-0.05, 0) is 41.0 Å². The summed E-state index contributed by atoms with van der Waals surface area (Å²) in [5.41, 5.74) is 5.08. The predicted octanol–water partition coefficient (Wildman–Crippen LogP) is 6.31. The number of rotatable bonds is 4. The van der Waals surface area contributed by atoms with Gasteiger partial charge in [-0.1, -0.05) is 54.6 Å². The van der Waals surface area contributed by atoms with E-state index in [1.54, 1.807) is 0 Å². The van der Waals surface area contributed by atoms with Gasteiger partial charge in [0.1, 0.15) is 0 Å². The van der Waals surface area contributed by atoms with Crippen molar-refractivity contribution in [2.45, 2.75) is 19.1 Å². The van der Waals surface area contributed by atoms with Crippen molar-refractivity contribution in [3.05, 3.63) is 101 Å². The summed E-state index contributed by atoms with van der Waals surface area (Å²) in [6.07, 6.45) is -1.77. The van der Waals surface area contributed by atoms with Crippen LogP contribution in [0.4, 0.5) is 13.2 Å². The molecule has 1 aromatic heterocycles. The quantitative estimate of drug-likeness (QED) is 0.379. The molecule has 2 heterocycles. The van der Waals surface area contributed by atoms with Gasteiger partial charge in [-0.3, -0.25) is 9.99 Å². The molecule has 5 rings (SSSR count). The lowest BCUT2D eigenvalue weighted by Gasteiger charge is -2.26. The molecule has 0 N–H and O–H groups in total. The van der Waals surface area contributed by atoms with Crippen LogP contribution >= 0.6 is 0 Å². The van der Waals surface area contributed by atoms with Crippen molar-refractivity contribution in [1.82, 2.24) is 9.99 Å². The van der Waals surface area contributed by atoms with Crippen LogP contribution in [0.1, 0.15) is 22.4 Å². The largest absolute Gasteiger partial charge is 0.416 e. The molecule has 4 aromatic rings. The molecule has 1 aliphatic rings. The van der Waals surface area contributed by atoms with E-state index in [0.29, 0.717) is 13.1 Å². The Labute approximate surface area is 183 Å². The summed E-state index contributed by atoms with van der Waals surface area (Å²) in [7, 11) is 0. The van der Waals surface area contributed by atoms with Crippen LogP contribution in [0.3, 0.4) is 0 Å². The Kier molecular flexibility index (Phi) is 5.13. The number of hydrogen-bond acceptors (Lipinski definition) is 3. The monoisotopic (exact) mass is 431 g/mol. The Morgan fingerprint density at radius 2 is 1.66 bits per heavy atom. The molecule has 1 aliphatic heterocycles. The fourth-order valence-corrected chi connectivity index (χ4v) is 4.01. The van der Waals surface area contributed by atoms with E-state index < -0.39 is 11.7 Å². The van der Waals surface area contributed by atoms with Crippen molar-refractivity contribution in [2.75, 3.05) is 6.54 Å². The summed E-state index contributed by atoms with van der Waals surface area (Å²) >= 11 is 0. The molecule has 0 fully saturated rings. The number of hydrazone groups is 1. The van der Waals surface area contributed by atoms with Gasteiger partial charge in [-0.25, -0.2) is 0 Å². The van der Waals surface area contributed by atoms with Crippen LogP contribution in [0.25, 0.3) is 22.0 Å². The minimum Gasteiger partial charge on any atom is -0.292 e. The van der Waals surface area contributed by atoms with Crippen molar-refractivity contribution < 1.29 is 13.2 Å². The predicted molar refractivity (Wildman–Crippen MR) is 120 cm³/mol. The zero-order chi connectivity index (χ0) is 22.1. The van der Waals surface area contributed by atoms with Gasteiger partial charge in [0, 0.05) is 29.6 Å². The molecule has 0 amide bonds. The minimum absolute atomic E-state index is 0.594. The number of pyridine rings is 1. The molecule has 0 bridgehead atoms. The Hall–Kier alpha value is -3.67. The van der Waals surface area contributed by atoms with Crippen molar-refractivity contribution in [3.8, 4) is 11.1 Å². The molecule has 3 nitrogen and oxygen atoms in total. The summed E-state index contributed by atoms with van der Waals surface area (Å²) in [6, 6.07) is 23.3. The zero-order valence-electron chi connectivity index (χ0n) is 17.2. The van der Waals surface area contributed by atoms with Crippen LogP contribution in [0.15, 0.2) is 84.0 Å². The number of benzene rings is 3. The maximum Gasteiger partial charge on any atom is 0.416 e. The molecule has 0 aliphatic carbocycles. The highest BCUT2D eigenvalue weighted by molar-refractivity contribution is 5.87. The maximum absolute atomic E-state index is 12.9. The summed E-state index contributed by atoms with van der Waals surface area (Å²) in [4.78, 5) is 4.73. The molecule has 0 spiro atoms. The van der Waals surface area contributed by atoms with Gasteiger partial charge in [0.2, 0.25) is 0 Å². The standard InChI is InChI=1S/C26H20F3N3/c27-26(28,29)21-11-8-18(9-12-21)23-6-3-5-20-16-30-32(17-24(20)23)15-14-22-13-10-19-4-1-2-7-25(19)31-22/h1-13,16H,14-15,17H2. The second-order valence-electron chi connectivity index (χ2n) is 7.83. The highest BCUT2D eigenvalue weighted by Crippen LogP contribution is 2.33. The summed E-state index contributed by atoms with van der Waals surface area (Å²) in [6.45, 7) is 1.29. The molecule has 160 valence electrons. The zero-order valence-corrected chi connectivity index (χ0v) is 17.2. The van der Waals surface area contributed by atoms with Crippen molar-refractivity contribution in [2.24, 2.45) is 5.10 Å².